The third-order valence-corrected chi connectivity index (χ3v) is 24.6. The van der Waals surface area contributed by atoms with Crippen LogP contribution >= 0.6 is 0 Å². The molecule has 4 aromatic heterocycles. The Morgan fingerprint density at radius 2 is 0.716 bits per heavy atom. The monoisotopic (exact) mass is 1490 g/mol. The molecular formula is C110H79BN4O. The summed E-state index contributed by atoms with van der Waals surface area (Å²) in [7, 11) is 0. The highest BCUT2D eigenvalue weighted by atomic mass is 16.3. The Bertz CT molecular complexity index is 8060. The predicted octanol–water partition coefficient (Wildman–Crippen LogP) is 28.3. The molecule has 548 valence electrons. The minimum absolute atomic E-state index is 0.000968. The lowest BCUT2D eigenvalue weighted by Gasteiger charge is -2.46. The maximum absolute atomic E-state index is 10.4. The molecule has 0 radical (unpaired) electrons. The largest absolute Gasteiger partial charge is 0.456 e. The zero-order chi connectivity index (χ0) is 84.4. The fraction of sp³-hybridized carbons (Fsp3) is 0.0727. The van der Waals surface area contributed by atoms with Crippen molar-refractivity contribution in [3.8, 4) is 61.3 Å². The number of hydrogen-bond acceptors (Lipinski definition) is 3. The minimum Gasteiger partial charge on any atom is -0.456 e. The van der Waals surface area contributed by atoms with Crippen LogP contribution in [0.2, 0.25) is 0 Å². The molecule has 23 rings (SSSR count). The van der Waals surface area contributed by atoms with Gasteiger partial charge in [-0.3, -0.25) is 0 Å². The van der Waals surface area contributed by atoms with Crippen LogP contribution in [0.25, 0.3) is 165 Å². The molecule has 2 aliphatic heterocycles. The molecule has 17 aromatic carbocycles. The summed E-state index contributed by atoms with van der Waals surface area (Å²) in [6.07, 6.45) is 0. The van der Waals surface area contributed by atoms with Gasteiger partial charge in [-0.25, -0.2) is 0 Å². The highest BCUT2D eigenvalue weighted by molar-refractivity contribution is 7.00. The van der Waals surface area contributed by atoms with E-state index in [9.17, 15) is 11.0 Å². The second-order valence-corrected chi connectivity index (χ2v) is 33.2. The molecule has 0 saturated heterocycles. The molecular weight excluding hydrogens is 1400 g/mol. The van der Waals surface area contributed by atoms with Gasteiger partial charge in [0.1, 0.15) is 11.2 Å². The van der Waals surface area contributed by atoms with Gasteiger partial charge >= 0.3 is 0 Å². The molecule has 21 aromatic rings. The molecule has 0 saturated carbocycles. The number of furan rings is 1. The predicted molar refractivity (Wildman–Crippen MR) is 494 cm³/mol. The van der Waals surface area contributed by atoms with Gasteiger partial charge in [0.2, 0.25) is 0 Å². The van der Waals surface area contributed by atoms with Crippen molar-refractivity contribution in [1.82, 2.24) is 8.97 Å². The first-order valence-electron chi connectivity index (χ1n) is 44.0. The van der Waals surface area contributed by atoms with Crippen LogP contribution in [-0.4, -0.2) is 15.7 Å². The maximum Gasteiger partial charge on any atom is 0.252 e. The number of rotatable bonds is 8. The van der Waals surface area contributed by atoms with Crippen LogP contribution in [-0.2, 0) is 10.8 Å². The summed E-state index contributed by atoms with van der Waals surface area (Å²) in [5, 5.41) is 10.5. The third-order valence-electron chi connectivity index (χ3n) is 24.6. The Kier molecular flexibility index (Phi) is 13.2. The lowest BCUT2D eigenvalue weighted by atomic mass is 9.33. The zero-order valence-electron chi connectivity index (χ0n) is 72.9. The fourth-order valence-corrected chi connectivity index (χ4v) is 19.3. The average Bonchev–Trinajstić information content (AvgIpc) is 0.869. The van der Waals surface area contributed by atoms with Crippen LogP contribution in [0.5, 0.6) is 0 Å². The van der Waals surface area contributed by atoms with Crippen molar-refractivity contribution < 1.29 is 15.4 Å². The first-order valence-corrected chi connectivity index (χ1v) is 40.0. The number of para-hydroxylation sites is 5. The number of anilines is 6. The zero-order valence-corrected chi connectivity index (χ0v) is 64.9. The SMILES string of the molecule is [2H]c1c([2H])c([2H])c2c(c1[2H])c1c([2H])c([2H])c([2H])c([2H])c1n2-c1cc2c3c(c1)N(c1c(-c4ccccc4)cc(C(C)(C)C)cc1-c1ccccc1)c1cc4c(cc1B3c1cc(-c3cccc5oc6ccccc6c35)ccc1N2c1c(-c2ccccc2)cc(C(C)(C)C)cc1-c1ccccc1)c1ccccc1c1ccccc1c1cccc2c3ccccc3n4c12. The number of fused-ring (bicyclic) bond motifs is 20. The normalized spacial score (nSPS) is 13.8. The average molecular weight is 1490 g/mol. The van der Waals surface area contributed by atoms with E-state index in [-0.39, 0.29) is 27.2 Å². The maximum atomic E-state index is 10.4. The molecule has 0 N–H and O–H groups in total. The summed E-state index contributed by atoms with van der Waals surface area (Å²) in [5.41, 5.74) is 23.6. The van der Waals surface area contributed by atoms with Crippen LogP contribution in [0.1, 0.15) is 63.6 Å². The highest BCUT2D eigenvalue weighted by Gasteiger charge is 2.47. The van der Waals surface area contributed by atoms with Crippen LogP contribution in [0.3, 0.4) is 0 Å². The Hall–Kier alpha value is -14.2. The second-order valence-electron chi connectivity index (χ2n) is 33.2. The van der Waals surface area contributed by atoms with Crippen LogP contribution in [0, 0.1) is 0 Å². The number of benzene rings is 17. The van der Waals surface area contributed by atoms with Crippen molar-refractivity contribution in [2.24, 2.45) is 0 Å². The molecule has 0 bridgehead atoms. The molecule has 0 amide bonds. The summed E-state index contributed by atoms with van der Waals surface area (Å²) in [5.74, 6) is 0. The number of hydrogen-bond donors (Lipinski definition) is 0. The molecule has 2 aliphatic rings. The van der Waals surface area contributed by atoms with E-state index in [0.29, 0.717) is 17.1 Å². The Morgan fingerprint density at radius 3 is 1.25 bits per heavy atom. The lowest BCUT2D eigenvalue weighted by molar-refractivity contribution is 0.590. The fourth-order valence-electron chi connectivity index (χ4n) is 19.3. The van der Waals surface area contributed by atoms with Gasteiger partial charge in [-0.2, -0.15) is 0 Å². The Morgan fingerprint density at radius 1 is 0.293 bits per heavy atom. The van der Waals surface area contributed by atoms with Gasteiger partial charge in [-0.1, -0.05) is 333 Å². The first-order chi connectivity index (χ1) is 60.2. The van der Waals surface area contributed by atoms with Gasteiger partial charge in [0, 0.05) is 88.1 Å². The van der Waals surface area contributed by atoms with Crippen molar-refractivity contribution in [1.29, 1.82) is 0 Å². The van der Waals surface area contributed by atoms with E-state index in [1.165, 1.54) is 0 Å². The minimum atomic E-state index is -0.681. The van der Waals surface area contributed by atoms with E-state index in [1.807, 2.05) is 12.1 Å². The van der Waals surface area contributed by atoms with E-state index < -0.39 is 60.5 Å². The molecule has 0 fully saturated rings. The van der Waals surface area contributed by atoms with Crippen LogP contribution in [0.4, 0.5) is 34.1 Å². The second kappa shape index (κ2) is 25.7. The summed E-state index contributed by atoms with van der Waals surface area (Å²) >= 11 is 0. The third kappa shape index (κ3) is 10.2. The van der Waals surface area contributed by atoms with E-state index in [0.717, 1.165) is 187 Å². The van der Waals surface area contributed by atoms with Crippen molar-refractivity contribution >= 4 is 161 Å². The smallest absolute Gasteiger partial charge is 0.252 e. The van der Waals surface area contributed by atoms with Crippen molar-refractivity contribution in [2.45, 2.75) is 52.4 Å². The lowest BCUT2D eigenvalue weighted by Crippen LogP contribution is -2.61. The Balaban J connectivity index is 1.01. The summed E-state index contributed by atoms with van der Waals surface area (Å²) in [4.78, 5) is 4.98. The summed E-state index contributed by atoms with van der Waals surface area (Å²) < 4.78 is 90.3. The Labute approximate surface area is 685 Å². The van der Waals surface area contributed by atoms with Gasteiger partial charge in [0.05, 0.1) is 55.6 Å². The van der Waals surface area contributed by atoms with E-state index in [2.05, 4.69) is 365 Å². The molecule has 5 nitrogen and oxygen atoms in total. The summed E-state index contributed by atoms with van der Waals surface area (Å²) in [6, 6.07) is 113. The first kappa shape index (κ1) is 59.5. The molecule has 0 aliphatic carbocycles. The standard InChI is InChI=1S/C110H79BN4O/c1-109(2,3)73-60-87(68-33-11-7-12-34-68)107(88(61-73)69-35-13-8-14-36-69)114-97-58-57-72(76-49-32-56-103-104(76)86-48-26-30-55-102(86)116-103)59-92(97)111-93-66-91-80-44-22-20-42-78(80)77-41-19-21-43-79(77)84-50-31-51-85-83-47-25-29-54-96(83)113(106(84)85)98(91)67-99(93)115(101-65-75(64-100(114)105(101)111)112-94-52-27-23-45-81(94)82-46-24-28-53-95(82)112)108-89(70-37-15-9-16-38-70)62-74(110(4,5)6)63-90(108)71-39-17-10-18-40-71/h7-67H,1-6H3/i23D,24D,27D,28D,45D,46D,52D,53D. The molecule has 6 heterocycles. The van der Waals surface area contributed by atoms with E-state index >= 15 is 0 Å². The molecule has 6 heteroatoms. The highest BCUT2D eigenvalue weighted by Crippen LogP contribution is 2.57. The van der Waals surface area contributed by atoms with Crippen molar-refractivity contribution in [3.05, 3.63) is 381 Å². The van der Waals surface area contributed by atoms with Gasteiger partial charge in [0.15, 0.2) is 0 Å². The van der Waals surface area contributed by atoms with Gasteiger partial charge in [-0.05, 0) is 172 Å². The number of nitrogens with zero attached hydrogens (tertiary/aromatic N) is 4. The van der Waals surface area contributed by atoms with Gasteiger partial charge in [-0.15, -0.1) is 0 Å². The topological polar surface area (TPSA) is 29.0 Å². The van der Waals surface area contributed by atoms with Crippen molar-refractivity contribution in [3.63, 3.8) is 0 Å². The molecule has 0 unspecified atom stereocenters. The van der Waals surface area contributed by atoms with Gasteiger partial charge in [0.25, 0.3) is 6.71 Å². The van der Waals surface area contributed by atoms with Crippen molar-refractivity contribution in [2.75, 3.05) is 9.80 Å². The van der Waals surface area contributed by atoms with Gasteiger partial charge < -0.3 is 23.2 Å². The van der Waals surface area contributed by atoms with Crippen LogP contribution < -0.4 is 26.2 Å². The number of aromatic nitrogens is 2. The molecule has 0 atom stereocenters. The van der Waals surface area contributed by atoms with E-state index in [4.69, 9.17) is 4.42 Å². The van der Waals surface area contributed by atoms with Crippen LogP contribution in [0.15, 0.2) is 374 Å². The molecule has 0 spiro atoms. The molecule has 116 heavy (non-hydrogen) atoms. The quantitative estimate of drug-likeness (QED) is 0.142. The summed E-state index contributed by atoms with van der Waals surface area (Å²) in [6.45, 7) is 12.9. The van der Waals surface area contributed by atoms with E-state index in [1.54, 1.807) is 4.57 Å².